The van der Waals surface area contributed by atoms with Crippen molar-refractivity contribution in [1.29, 1.82) is 0 Å². The van der Waals surface area contributed by atoms with Crippen LogP contribution in [0.3, 0.4) is 0 Å². The summed E-state index contributed by atoms with van der Waals surface area (Å²) in [4.78, 5) is 31.5. The van der Waals surface area contributed by atoms with Crippen LogP contribution in [0.5, 0.6) is 5.75 Å². The molecule has 1 atom stereocenters. The van der Waals surface area contributed by atoms with Crippen molar-refractivity contribution in [2.24, 2.45) is 0 Å². The van der Waals surface area contributed by atoms with E-state index in [1.165, 1.54) is 10.4 Å². The van der Waals surface area contributed by atoms with Gasteiger partial charge in [-0.3, -0.25) is 9.59 Å². The number of carbonyl (C=O) groups excluding carboxylic acids is 2. The minimum absolute atomic E-state index is 0.00349. The number of aryl methyl sites for hydroxylation is 1. The Morgan fingerprint density at radius 2 is 1.94 bits per heavy atom. The van der Waals surface area contributed by atoms with Gasteiger partial charge in [0, 0.05) is 28.0 Å². The number of benzene rings is 2. The topological polar surface area (TPSA) is 49.9 Å². The summed E-state index contributed by atoms with van der Waals surface area (Å²) in [5.41, 5.74) is 2.78. The minimum Gasteiger partial charge on any atom is -0.491 e. The molecule has 2 heterocycles. The van der Waals surface area contributed by atoms with E-state index in [4.69, 9.17) is 16.3 Å². The molecule has 5 nitrogen and oxygen atoms in total. The van der Waals surface area contributed by atoms with Crippen LogP contribution in [0.4, 0.5) is 0 Å². The van der Waals surface area contributed by atoms with Gasteiger partial charge in [-0.2, -0.15) is 0 Å². The SMILES string of the molecule is Cc1ccc(OC[C@@H]2c3ccsc3CCN2C(=O)CN(C(=O)c2cccc(Cl)c2)C(C)C)cc1. The standard InChI is InChI=1S/C27H29ClN2O3S/c1-18(2)30(27(32)20-5-4-6-21(28)15-20)16-26(31)29-13-11-25-23(12-14-34-25)24(29)17-33-22-9-7-19(3)8-10-22/h4-10,12,14-15,18,24H,11,13,16-17H2,1-3H3/t24-/m1/s1. The molecule has 0 saturated carbocycles. The number of hydrogen-bond acceptors (Lipinski definition) is 4. The second kappa shape index (κ2) is 10.6. The minimum atomic E-state index is -0.202. The zero-order valence-corrected chi connectivity index (χ0v) is 21.2. The predicted molar refractivity (Wildman–Crippen MR) is 137 cm³/mol. The van der Waals surface area contributed by atoms with E-state index in [9.17, 15) is 9.59 Å². The van der Waals surface area contributed by atoms with Crippen LogP contribution in [0.15, 0.2) is 60.0 Å². The maximum Gasteiger partial charge on any atom is 0.254 e. The summed E-state index contributed by atoms with van der Waals surface area (Å²) in [5, 5.41) is 2.57. The lowest BCUT2D eigenvalue weighted by Gasteiger charge is -2.37. The first-order chi connectivity index (χ1) is 16.3. The summed E-state index contributed by atoms with van der Waals surface area (Å²) in [6.07, 6.45) is 0.809. The number of thiophene rings is 1. The van der Waals surface area contributed by atoms with Gasteiger partial charge in [-0.15, -0.1) is 11.3 Å². The lowest BCUT2D eigenvalue weighted by Crippen LogP contribution is -2.49. The largest absolute Gasteiger partial charge is 0.491 e. The third-order valence-electron chi connectivity index (χ3n) is 6.11. The molecule has 1 aliphatic heterocycles. The first-order valence-corrected chi connectivity index (χ1v) is 12.7. The fraction of sp³-hybridized carbons (Fsp3) is 0.333. The van der Waals surface area contributed by atoms with Crippen LogP contribution in [-0.2, 0) is 11.2 Å². The van der Waals surface area contributed by atoms with Gasteiger partial charge in [0.05, 0.1) is 6.04 Å². The summed E-state index contributed by atoms with van der Waals surface area (Å²) in [5.74, 6) is 0.491. The molecule has 0 radical (unpaired) electrons. The summed E-state index contributed by atoms with van der Waals surface area (Å²) in [7, 11) is 0. The van der Waals surface area contributed by atoms with Gasteiger partial charge in [0.25, 0.3) is 5.91 Å². The van der Waals surface area contributed by atoms with E-state index in [0.717, 1.165) is 17.7 Å². The second-order valence-corrected chi connectivity index (χ2v) is 10.3. The molecule has 0 aliphatic carbocycles. The van der Waals surface area contributed by atoms with Gasteiger partial charge in [0.2, 0.25) is 5.91 Å². The summed E-state index contributed by atoms with van der Waals surface area (Å²) in [6, 6.07) is 16.5. The van der Waals surface area contributed by atoms with E-state index in [1.807, 2.05) is 49.9 Å². The highest BCUT2D eigenvalue weighted by molar-refractivity contribution is 7.10. The molecule has 2 aromatic carbocycles. The van der Waals surface area contributed by atoms with Crippen LogP contribution >= 0.6 is 22.9 Å². The van der Waals surface area contributed by atoms with Crippen molar-refractivity contribution in [2.45, 2.75) is 39.3 Å². The smallest absolute Gasteiger partial charge is 0.254 e. The van der Waals surface area contributed by atoms with E-state index in [-0.39, 0.29) is 30.4 Å². The highest BCUT2D eigenvalue weighted by atomic mass is 35.5. The van der Waals surface area contributed by atoms with Crippen molar-refractivity contribution in [3.8, 4) is 5.75 Å². The Kier molecular flexibility index (Phi) is 7.59. The lowest BCUT2D eigenvalue weighted by molar-refractivity contribution is -0.136. The number of fused-ring (bicyclic) bond motifs is 1. The second-order valence-electron chi connectivity index (χ2n) is 8.81. The Bertz CT molecular complexity index is 1160. The molecule has 7 heteroatoms. The third kappa shape index (κ3) is 5.45. The van der Waals surface area contributed by atoms with Crippen LogP contribution in [0.25, 0.3) is 0 Å². The maximum absolute atomic E-state index is 13.6. The molecular formula is C27H29ClN2O3S. The number of rotatable bonds is 7. The Hall–Kier alpha value is -2.83. The number of ether oxygens (including phenoxy) is 1. The highest BCUT2D eigenvalue weighted by Gasteiger charge is 2.34. The maximum atomic E-state index is 13.6. The summed E-state index contributed by atoms with van der Waals surface area (Å²) < 4.78 is 6.11. The first-order valence-electron chi connectivity index (χ1n) is 11.4. The predicted octanol–water partition coefficient (Wildman–Crippen LogP) is 5.77. The fourth-order valence-electron chi connectivity index (χ4n) is 4.20. The van der Waals surface area contributed by atoms with Gasteiger partial charge < -0.3 is 14.5 Å². The van der Waals surface area contributed by atoms with Crippen LogP contribution in [-0.4, -0.2) is 47.4 Å². The molecule has 1 aromatic heterocycles. The molecular weight excluding hydrogens is 468 g/mol. The average Bonchev–Trinajstić information content (AvgIpc) is 3.30. The molecule has 34 heavy (non-hydrogen) atoms. The average molecular weight is 497 g/mol. The molecule has 2 amide bonds. The zero-order chi connectivity index (χ0) is 24.2. The zero-order valence-electron chi connectivity index (χ0n) is 19.7. The number of amides is 2. The number of hydrogen-bond donors (Lipinski definition) is 0. The Morgan fingerprint density at radius 1 is 1.18 bits per heavy atom. The number of nitrogens with zero attached hydrogens (tertiary/aromatic N) is 2. The Labute approximate surface area is 209 Å². The van der Waals surface area contributed by atoms with Crippen molar-refractivity contribution in [3.05, 3.63) is 86.6 Å². The van der Waals surface area contributed by atoms with Gasteiger partial charge in [-0.25, -0.2) is 0 Å². The Balaban J connectivity index is 1.53. The normalized spacial score (nSPS) is 15.2. The highest BCUT2D eigenvalue weighted by Crippen LogP contribution is 2.34. The fourth-order valence-corrected chi connectivity index (χ4v) is 5.32. The molecule has 0 N–H and O–H groups in total. The number of halogens is 1. The quantitative estimate of drug-likeness (QED) is 0.417. The summed E-state index contributed by atoms with van der Waals surface area (Å²) in [6.45, 7) is 6.84. The van der Waals surface area contributed by atoms with Gasteiger partial charge in [0.1, 0.15) is 18.9 Å². The third-order valence-corrected chi connectivity index (χ3v) is 7.34. The van der Waals surface area contributed by atoms with E-state index >= 15 is 0 Å². The molecule has 0 saturated heterocycles. The van der Waals surface area contributed by atoms with Crippen molar-refractivity contribution in [1.82, 2.24) is 9.80 Å². The van der Waals surface area contributed by atoms with Crippen molar-refractivity contribution in [3.63, 3.8) is 0 Å². The van der Waals surface area contributed by atoms with Crippen molar-refractivity contribution < 1.29 is 14.3 Å². The molecule has 0 spiro atoms. The molecule has 4 rings (SSSR count). The van der Waals surface area contributed by atoms with Gasteiger partial charge in [-0.05, 0) is 74.5 Å². The number of carbonyl (C=O) groups is 2. The van der Waals surface area contributed by atoms with Crippen molar-refractivity contribution >= 4 is 34.8 Å². The van der Waals surface area contributed by atoms with Crippen LogP contribution < -0.4 is 4.74 Å². The van der Waals surface area contributed by atoms with E-state index < -0.39 is 0 Å². The van der Waals surface area contributed by atoms with Gasteiger partial charge in [-0.1, -0.05) is 35.4 Å². The lowest BCUT2D eigenvalue weighted by atomic mass is 10.00. The van der Waals surface area contributed by atoms with Gasteiger partial charge in [0.15, 0.2) is 0 Å². The van der Waals surface area contributed by atoms with Crippen LogP contribution in [0.2, 0.25) is 5.02 Å². The Morgan fingerprint density at radius 3 is 2.65 bits per heavy atom. The van der Waals surface area contributed by atoms with Crippen LogP contribution in [0.1, 0.15) is 46.3 Å². The van der Waals surface area contributed by atoms with E-state index in [0.29, 0.717) is 23.7 Å². The van der Waals surface area contributed by atoms with E-state index in [1.54, 1.807) is 40.5 Å². The van der Waals surface area contributed by atoms with E-state index in [2.05, 4.69) is 11.4 Å². The monoisotopic (exact) mass is 496 g/mol. The molecule has 0 fully saturated rings. The van der Waals surface area contributed by atoms with Crippen LogP contribution in [0, 0.1) is 6.92 Å². The molecule has 0 bridgehead atoms. The molecule has 3 aromatic rings. The molecule has 1 aliphatic rings. The molecule has 0 unspecified atom stereocenters. The van der Waals surface area contributed by atoms with Gasteiger partial charge >= 0.3 is 0 Å². The molecule has 178 valence electrons. The van der Waals surface area contributed by atoms with Crippen molar-refractivity contribution in [2.75, 3.05) is 19.7 Å². The summed E-state index contributed by atoms with van der Waals surface area (Å²) >= 11 is 7.81. The first kappa shape index (κ1) is 24.3.